The van der Waals surface area contributed by atoms with Crippen molar-refractivity contribution in [1.82, 2.24) is 0 Å². The van der Waals surface area contributed by atoms with E-state index in [9.17, 15) is 4.79 Å². The molecule has 0 aliphatic heterocycles. The van der Waals surface area contributed by atoms with Gasteiger partial charge in [0.25, 0.3) is 0 Å². The van der Waals surface area contributed by atoms with Crippen LogP contribution in [0.4, 0.5) is 0 Å². The molecule has 0 spiro atoms. The maximum absolute atomic E-state index is 11.4. The first-order valence-corrected chi connectivity index (χ1v) is 6.58. The van der Waals surface area contributed by atoms with Gasteiger partial charge in [0.1, 0.15) is 0 Å². The highest BCUT2D eigenvalue weighted by Crippen LogP contribution is 2.37. The molecule has 0 heterocycles. The molecule has 1 aliphatic rings. The summed E-state index contributed by atoms with van der Waals surface area (Å²) in [6.07, 6.45) is 10.9. The number of rotatable bonds is 6. The van der Waals surface area contributed by atoms with Crippen molar-refractivity contribution in [2.24, 2.45) is 5.41 Å². The second-order valence-electron chi connectivity index (χ2n) is 5.12. The summed E-state index contributed by atoms with van der Waals surface area (Å²) in [5.74, 6) is -0.0524. The number of unbranched alkanes of at least 4 members (excludes halogenated alkanes) is 1. The van der Waals surface area contributed by atoms with E-state index >= 15 is 0 Å². The van der Waals surface area contributed by atoms with E-state index in [-0.39, 0.29) is 11.4 Å². The predicted molar refractivity (Wildman–Crippen MR) is 70.7 cm³/mol. The van der Waals surface area contributed by atoms with Gasteiger partial charge >= 0.3 is 5.97 Å². The number of allylic oxidation sites excluding steroid dienone is 4. The van der Waals surface area contributed by atoms with Crippen LogP contribution in [-0.4, -0.2) is 12.6 Å². The molecule has 0 aromatic rings. The van der Waals surface area contributed by atoms with E-state index in [0.717, 1.165) is 25.7 Å². The van der Waals surface area contributed by atoms with E-state index < -0.39 is 0 Å². The molecule has 0 N–H and O–H groups in total. The lowest BCUT2D eigenvalue weighted by molar-refractivity contribution is -0.144. The zero-order chi connectivity index (χ0) is 12.7. The van der Waals surface area contributed by atoms with Crippen molar-refractivity contribution in [3.8, 4) is 0 Å². The Labute approximate surface area is 105 Å². The third kappa shape index (κ3) is 4.37. The van der Waals surface area contributed by atoms with Crippen LogP contribution in [0.1, 0.15) is 52.9 Å². The lowest BCUT2D eigenvalue weighted by atomic mass is 9.75. The van der Waals surface area contributed by atoms with Crippen LogP contribution >= 0.6 is 0 Å². The van der Waals surface area contributed by atoms with Crippen molar-refractivity contribution in [1.29, 1.82) is 0 Å². The Morgan fingerprint density at radius 2 is 2.29 bits per heavy atom. The average Bonchev–Trinajstić information content (AvgIpc) is 2.30. The molecule has 0 amide bonds. The largest absolute Gasteiger partial charge is 0.466 e. The summed E-state index contributed by atoms with van der Waals surface area (Å²) in [7, 11) is 0. The van der Waals surface area contributed by atoms with Gasteiger partial charge in [0.2, 0.25) is 0 Å². The molecule has 1 atom stereocenters. The molecule has 96 valence electrons. The van der Waals surface area contributed by atoms with Crippen LogP contribution < -0.4 is 0 Å². The summed E-state index contributed by atoms with van der Waals surface area (Å²) < 4.78 is 5.27. The Kier molecular flexibility index (Phi) is 5.46. The molecule has 2 heteroatoms. The van der Waals surface area contributed by atoms with E-state index in [4.69, 9.17) is 4.74 Å². The fourth-order valence-electron chi connectivity index (χ4n) is 1.99. The molecular formula is C15H24O2. The average molecular weight is 236 g/mol. The van der Waals surface area contributed by atoms with Crippen molar-refractivity contribution in [2.75, 3.05) is 6.61 Å². The molecule has 1 rings (SSSR count). The number of carbonyl (C=O) groups is 1. The number of esters is 1. The van der Waals surface area contributed by atoms with Crippen molar-refractivity contribution in [2.45, 2.75) is 52.9 Å². The Hall–Kier alpha value is -1.05. The summed E-state index contributed by atoms with van der Waals surface area (Å²) >= 11 is 0. The topological polar surface area (TPSA) is 26.3 Å². The summed E-state index contributed by atoms with van der Waals surface area (Å²) in [5, 5.41) is 0. The van der Waals surface area contributed by atoms with Gasteiger partial charge in [-0.3, -0.25) is 4.79 Å². The standard InChI is InChI=1S/C15H24O2/c1-4-5-9-14(16)17-12-11-15(3)10-7-6-8-13(15)2/h6-8H,4-5,9-12H2,1-3H3. The van der Waals surface area contributed by atoms with Gasteiger partial charge in [0, 0.05) is 6.42 Å². The number of ether oxygens (including phenoxy) is 1. The van der Waals surface area contributed by atoms with Gasteiger partial charge in [-0.05, 0) is 31.6 Å². The van der Waals surface area contributed by atoms with E-state index in [1.165, 1.54) is 5.57 Å². The number of carbonyl (C=O) groups excluding carboxylic acids is 1. The second-order valence-corrected chi connectivity index (χ2v) is 5.12. The Morgan fingerprint density at radius 1 is 1.53 bits per heavy atom. The van der Waals surface area contributed by atoms with Gasteiger partial charge in [0.15, 0.2) is 0 Å². The highest BCUT2D eigenvalue weighted by Gasteiger charge is 2.26. The third-order valence-corrected chi connectivity index (χ3v) is 3.65. The monoisotopic (exact) mass is 236 g/mol. The highest BCUT2D eigenvalue weighted by atomic mass is 16.5. The molecular weight excluding hydrogens is 212 g/mol. The van der Waals surface area contributed by atoms with Gasteiger partial charge in [-0.1, -0.05) is 44.1 Å². The SMILES string of the molecule is CCCCC(=O)OCCC1(C)CC=CC=C1C. The Morgan fingerprint density at radius 3 is 2.94 bits per heavy atom. The van der Waals surface area contributed by atoms with Crippen molar-refractivity contribution in [3.63, 3.8) is 0 Å². The van der Waals surface area contributed by atoms with E-state index in [2.05, 4.69) is 39.0 Å². The van der Waals surface area contributed by atoms with Crippen LogP contribution in [0.2, 0.25) is 0 Å². The molecule has 1 aliphatic carbocycles. The molecule has 0 saturated heterocycles. The van der Waals surface area contributed by atoms with E-state index in [0.29, 0.717) is 13.0 Å². The van der Waals surface area contributed by atoms with Gasteiger partial charge in [-0.2, -0.15) is 0 Å². The predicted octanol–water partition coefficient (Wildman–Crippen LogP) is 4.02. The first-order valence-electron chi connectivity index (χ1n) is 6.58. The first kappa shape index (κ1) is 14.0. The minimum atomic E-state index is -0.0524. The van der Waals surface area contributed by atoms with Crippen LogP contribution in [0.15, 0.2) is 23.8 Å². The zero-order valence-corrected chi connectivity index (χ0v) is 11.3. The molecule has 0 radical (unpaired) electrons. The summed E-state index contributed by atoms with van der Waals surface area (Å²) in [4.78, 5) is 11.4. The minimum Gasteiger partial charge on any atom is -0.466 e. The summed E-state index contributed by atoms with van der Waals surface area (Å²) in [6.45, 7) is 7.01. The van der Waals surface area contributed by atoms with Gasteiger partial charge in [-0.15, -0.1) is 0 Å². The van der Waals surface area contributed by atoms with Crippen LogP contribution in [-0.2, 0) is 9.53 Å². The molecule has 0 saturated carbocycles. The van der Waals surface area contributed by atoms with Crippen molar-refractivity contribution >= 4 is 5.97 Å². The Bertz CT molecular complexity index is 315. The van der Waals surface area contributed by atoms with E-state index in [1.54, 1.807) is 0 Å². The Balaban J connectivity index is 2.29. The molecule has 2 nitrogen and oxygen atoms in total. The third-order valence-electron chi connectivity index (χ3n) is 3.65. The molecule has 0 aromatic carbocycles. The number of hydrogen-bond donors (Lipinski definition) is 0. The summed E-state index contributed by atoms with van der Waals surface area (Å²) in [5.41, 5.74) is 1.55. The highest BCUT2D eigenvalue weighted by molar-refractivity contribution is 5.69. The van der Waals surface area contributed by atoms with Crippen LogP contribution in [0.25, 0.3) is 0 Å². The van der Waals surface area contributed by atoms with Crippen LogP contribution in [0.3, 0.4) is 0 Å². The molecule has 0 aromatic heterocycles. The van der Waals surface area contributed by atoms with Gasteiger partial charge in [0.05, 0.1) is 6.61 Å². The van der Waals surface area contributed by atoms with Crippen LogP contribution in [0.5, 0.6) is 0 Å². The van der Waals surface area contributed by atoms with Gasteiger partial charge < -0.3 is 4.74 Å². The fraction of sp³-hybridized carbons (Fsp3) is 0.667. The smallest absolute Gasteiger partial charge is 0.305 e. The fourth-order valence-corrected chi connectivity index (χ4v) is 1.99. The quantitative estimate of drug-likeness (QED) is 0.651. The van der Waals surface area contributed by atoms with Crippen molar-refractivity contribution in [3.05, 3.63) is 23.8 Å². The maximum Gasteiger partial charge on any atom is 0.305 e. The van der Waals surface area contributed by atoms with E-state index in [1.807, 2.05) is 0 Å². The minimum absolute atomic E-state index is 0.0524. The molecule has 1 unspecified atom stereocenters. The lowest BCUT2D eigenvalue weighted by Crippen LogP contribution is -2.22. The van der Waals surface area contributed by atoms with Crippen molar-refractivity contribution < 1.29 is 9.53 Å². The molecule has 0 fully saturated rings. The lowest BCUT2D eigenvalue weighted by Gasteiger charge is -2.31. The van der Waals surface area contributed by atoms with Crippen LogP contribution in [0, 0.1) is 5.41 Å². The van der Waals surface area contributed by atoms with Gasteiger partial charge in [-0.25, -0.2) is 0 Å². The normalized spacial score (nSPS) is 23.4. The molecule has 17 heavy (non-hydrogen) atoms. The zero-order valence-electron chi connectivity index (χ0n) is 11.3. The number of hydrogen-bond acceptors (Lipinski definition) is 2. The molecule has 0 bridgehead atoms. The maximum atomic E-state index is 11.4. The first-order chi connectivity index (χ1) is 8.08. The second kappa shape index (κ2) is 6.63. The summed E-state index contributed by atoms with van der Waals surface area (Å²) in [6, 6.07) is 0.